The van der Waals surface area contributed by atoms with Gasteiger partial charge in [0.05, 0.1) is 5.69 Å². The van der Waals surface area contributed by atoms with E-state index < -0.39 is 0 Å². The summed E-state index contributed by atoms with van der Waals surface area (Å²) in [5.41, 5.74) is 4.59. The van der Waals surface area contributed by atoms with Gasteiger partial charge in [-0.25, -0.2) is 13.9 Å². The molecular formula is C20H21FN4O. The minimum Gasteiger partial charge on any atom is -0.294 e. The molecule has 1 N–H and O–H groups in total. The Bertz CT molecular complexity index is 1040. The van der Waals surface area contributed by atoms with E-state index >= 15 is 0 Å². The summed E-state index contributed by atoms with van der Waals surface area (Å²) >= 11 is 0. The zero-order chi connectivity index (χ0) is 17.8. The molecule has 2 aliphatic heterocycles. The molecule has 1 saturated heterocycles. The van der Waals surface area contributed by atoms with Crippen molar-refractivity contribution in [3.63, 3.8) is 0 Å². The Morgan fingerprint density at radius 1 is 1.19 bits per heavy atom. The number of hydrogen-bond donors (Lipinski definition) is 1. The van der Waals surface area contributed by atoms with E-state index in [0.29, 0.717) is 17.7 Å². The average Bonchev–Trinajstić information content (AvgIpc) is 3.11. The molecule has 0 amide bonds. The van der Waals surface area contributed by atoms with Gasteiger partial charge in [0.15, 0.2) is 5.65 Å². The largest absolute Gasteiger partial charge is 0.294 e. The fourth-order valence-electron chi connectivity index (χ4n) is 4.57. The van der Waals surface area contributed by atoms with Gasteiger partial charge in [0.1, 0.15) is 5.82 Å². The second-order valence-electron chi connectivity index (χ2n) is 7.57. The molecule has 26 heavy (non-hydrogen) atoms. The highest BCUT2D eigenvalue weighted by Gasteiger charge is 2.38. The highest BCUT2D eigenvalue weighted by Crippen LogP contribution is 2.34. The van der Waals surface area contributed by atoms with Crippen molar-refractivity contribution in [2.45, 2.75) is 51.2 Å². The molecule has 1 aromatic carbocycles. The Hall–Kier alpha value is -2.47. The number of fused-ring (bicyclic) bond motifs is 4. The lowest BCUT2D eigenvalue weighted by Crippen LogP contribution is -2.36. The van der Waals surface area contributed by atoms with Gasteiger partial charge < -0.3 is 0 Å². The van der Waals surface area contributed by atoms with Crippen LogP contribution in [0.5, 0.6) is 0 Å². The summed E-state index contributed by atoms with van der Waals surface area (Å²) < 4.78 is 14.8. The standard InChI is InChI=1S/C20H21FN4O/c1-12-8-19-22-18-10-16-7-6-15(9-17(18)20(26)25(19)23-12)24(16)11-13-2-4-14(21)5-3-13/h2-5,8,15-16,23H,6-7,9-11H2,1H3. The monoisotopic (exact) mass is 352 g/mol. The maximum Gasteiger partial charge on any atom is 0.276 e. The Kier molecular flexibility index (Phi) is 3.50. The summed E-state index contributed by atoms with van der Waals surface area (Å²) in [6.45, 7) is 2.73. The van der Waals surface area contributed by atoms with Crippen molar-refractivity contribution in [2.75, 3.05) is 0 Å². The van der Waals surface area contributed by atoms with Crippen molar-refractivity contribution in [3.8, 4) is 0 Å². The highest BCUT2D eigenvalue weighted by molar-refractivity contribution is 5.42. The maximum atomic E-state index is 13.2. The number of aromatic nitrogens is 3. The average molecular weight is 352 g/mol. The number of nitrogens with one attached hydrogen (secondary N) is 1. The first-order chi connectivity index (χ1) is 12.6. The van der Waals surface area contributed by atoms with Crippen LogP contribution in [0.4, 0.5) is 4.39 Å². The van der Waals surface area contributed by atoms with E-state index in [9.17, 15) is 9.18 Å². The van der Waals surface area contributed by atoms with E-state index in [1.54, 1.807) is 4.52 Å². The predicted octanol–water partition coefficient (Wildman–Crippen LogP) is 2.60. The Morgan fingerprint density at radius 3 is 2.69 bits per heavy atom. The fourth-order valence-corrected chi connectivity index (χ4v) is 4.57. The molecule has 2 aromatic heterocycles. The van der Waals surface area contributed by atoms with Crippen LogP contribution in [0, 0.1) is 12.7 Å². The maximum absolute atomic E-state index is 13.2. The van der Waals surface area contributed by atoms with E-state index in [2.05, 4.69) is 10.00 Å². The van der Waals surface area contributed by atoms with E-state index in [4.69, 9.17) is 4.98 Å². The molecule has 0 aliphatic carbocycles. The van der Waals surface area contributed by atoms with Gasteiger partial charge in [0.25, 0.3) is 5.56 Å². The number of benzene rings is 1. The number of aryl methyl sites for hydroxylation is 1. The minimum atomic E-state index is -0.206. The van der Waals surface area contributed by atoms with Crippen molar-refractivity contribution in [1.82, 2.24) is 19.5 Å². The first-order valence-electron chi connectivity index (χ1n) is 9.19. The third-order valence-electron chi connectivity index (χ3n) is 5.84. The summed E-state index contributed by atoms with van der Waals surface area (Å²) in [5, 5.41) is 3.09. The van der Waals surface area contributed by atoms with Crippen LogP contribution >= 0.6 is 0 Å². The van der Waals surface area contributed by atoms with Crippen LogP contribution in [0.25, 0.3) is 5.65 Å². The van der Waals surface area contributed by atoms with Crippen LogP contribution in [-0.4, -0.2) is 31.6 Å². The molecule has 6 heteroatoms. The second kappa shape index (κ2) is 5.77. The van der Waals surface area contributed by atoms with Crippen LogP contribution in [0.2, 0.25) is 0 Å². The highest BCUT2D eigenvalue weighted by atomic mass is 19.1. The molecule has 0 spiro atoms. The molecular weight excluding hydrogens is 331 g/mol. The minimum absolute atomic E-state index is 0.0346. The molecule has 1 fully saturated rings. The molecule has 0 saturated carbocycles. The van der Waals surface area contributed by atoms with Gasteiger partial charge in [-0.3, -0.25) is 14.8 Å². The van der Waals surface area contributed by atoms with Crippen LogP contribution in [0.3, 0.4) is 0 Å². The molecule has 2 bridgehead atoms. The topological polar surface area (TPSA) is 53.4 Å². The van der Waals surface area contributed by atoms with Crippen LogP contribution in [0.1, 0.15) is 35.4 Å². The van der Waals surface area contributed by atoms with E-state index in [0.717, 1.165) is 54.7 Å². The Morgan fingerprint density at radius 2 is 1.92 bits per heavy atom. The van der Waals surface area contributed by atoms with Crippen molar-refractivity contribution >= 4 is 5.65 Å². The molecule has 2 aliphatic rings. The number of aromatic amines is 1. The number of nitrogens with zero attached hydrogens (tertiary/aromatic N) is 3. The number of rotatable bonds is 2. The van der Waals surface area contributed by atoms with E-state index in [1.165, 1.54) is 12.1 Å². The molecule has 2 atom stereocenters. The van der Waals surface area contributed by atoms with Gasteiger partial charge >= 0.3 is 0 Å². The molecule has 2 unspecified atom stereocenters. The van der Waals surface area contributed by atoms with Crippen LogP contribution < -0.4 is 5.56 Å². The SMILES string of the molecule is Cc1cc2nc3c(c(=O)n2[nH]1)CC1CCC(C3)N1Cc1ccc(F)cc1. The van der Waals surface area contributed by atoms with Crippen molar-refractivity contribution in [1.29, 1.82) is 0 Å². The lowest BCUT2D eigenvalue weighted by Gasteiger charge is -2.27. The summed E-state index contributed by atoms with van der Waals surface area (Å²) in [5.74, 6) is -0.206. The molecule has 4 heterocycles. The molecule has 5 nitrogen and oxygen atoms in total. The van der Waals surface area contributed by atoms with Gasteiger partial charge in [-0.1, -0.05) is 12.1 Å². The second-order valence-corrected chi connectivity index (χ2v) is 7.57. The summed E-state index contributed by atoms with van der Waals surface area (Å²) in [6, 6.07) is 9.39. The van der Waals surface area contributed by atoms with Gasteiger partial charge in [-0.15, -0.1) is 0 Å². The number of halogens is 1. The van der Waals surface area contributed by atoms with Gasteiger partial charge in [-0.05, 0) is 43.9 Å². The Labute approximate surface area is 150 Å². The summed E-state index contributed by atoms with van der Waals surface area (Å²) in [6.07, 6.45) is 3.76. The predicted molar refractivity (Wildman–Crippen MR) is 96.7 cm³/mol. The third kappa shape index (κ3) is 2.48. The first kappa shape index (κ1) is 15.8. The van der Waals surface area contributed by atoms with Crippen LogP contribution in [0.15, 0.2) is 35.1 Å². The quantitative estimate of drug-likeness (QED) is 0.771. The molecule has 5 rings (SSSR count). The van der Waals surface area contributed by atoms with E-state index in [1.807, 2.05) is 25.1 Å². The third-order valence-corrected chi connectivity index (χ3v) is 5.84. The van der Waals surface area contributed by atoms with Crippen molar-refractivity contribution < 1.29 is 4.39 Å². The molecule has 134 valence electrons. The van der Waals surface area contributed by atoms with Gasteiger partial charge in [-0.2, -0.15) is 0 Å². The van der Waals surface area contributed by atoms with Crippen molar-refractivity contribution in [2.24, 2.45) is 0 Å². The normalized spacial score (nSPS) is 22.5. The summed E-state index contributed by atoms with van der Waals surface area (Å²) in [7, 11) is 0. The first-order valence-corrected chi connectivity index (χ1v) is 9.19. The number of hydrogen-bond acceptors (Lipinski definition) is 3. The van der Waals surface area contributed by atoms with E-state index in [-0.39, 0.29) is 11.4 Å². The zero-order valence-corrected chi connectivity index (χ0v) is 14.7. The lowest BCUT2D eigenvalue weighted by molar-refractivity contribution is 0.187. The molecule has 0 radical (unpaired) electrons. The molecule has 3 aromatic rings. The Balaban J connectivity index is 1.51. The van der Waals surface area contributed by atoms with Gasteiger partial charge in [0.2, 0.25) is 0 Å². The lowest BCUT2D eigenvalue weighted by atomic mass is 9.98. The van der Waals surface area contributed by atoms with Gasteiger partial charge in [0, 0.05) is 42.4 Å². The fraction of sp³-hybridized carbons (Fsp3) is 0.400. The van der Waals surface area contributed by atoms with Crippen LogP contribution in [-0.2, 0) is 19.4 Å². The smallest absolute Gasteiger partial charge is 0.276 e. The summed E-state index contributed by atoms with van der Waals surface area (Å²) in [4.78, 5) is 20.2. The van der Waals surface area contributed by atoms with Crippen molar-refractivity contribution in [3.05, 3.63) is 69.0 Å². The number of H-pyrrole nitrogens is 1. The zero-order valence-electron chi connectivity index (χ0n) is 14.7.